The second kappa shape index (κ2) is 4.78. The number of fused-ring (bicyclic) bond motifs is 2. The van der Waals surface area contributed by atoms with E-state index in [0.29, 0.717) is 11.5 Å². The van der Waals surface area contributed by atoms with E-state index in [2.05, 4.69) is 9.97 Å². The van der Waals surface area contributed by atoms with Crippen LogP contribution >= 0.6 is 0 Å². The fourth-order valence-corrected chi connectivity index (χ4v) is 3.03. The third-order valence-corrected chi connectivity index (χ3v) is 4.09. The summed E-state index contributed by atoms with van der Waals surface area (Å²) < 4.78 is 3.50. The van der Waals surface area contributed by atoms with Gasteiger partial charge < -0.3 is 0 Å². The summed E-state index contributed by atoms with van der Waals surface area (Å²) in [4.78, 5) is 22.2. The number of carbonyl (C=O) groups excluding carboxylic acids is 1. The predicted octanol–water partition coefficient (Wildman–Crippen LogP) is 3.30. The first-order valence-electron chi connectivity index (χ1n) is 7.50. The molecule has 0 saturated heterocycles. The summed E-state index contributed by atoms with van der Waals surface area (Å²) in [6, 6.07) is 11.6. The number of hydrogen-bond donors (Lipinski definition) is 0. The molecular weight excluding hydrogens is 288 g/mol. The lowest BCUT2D eigenvalue weighted by Crippen LogP contribution is -2.17. The largest absolute Gasteiger partial charge is 0.295 e. The van der Waals surface area contributed by atoms with Gasteiger partial charge in [0.25, 0.3) is 5.91 Å². The topological polar surface area (TPSA) is 52.2 Å². The van der Waals surface area contributed by atoms with Crippen molar-refractivity contribution in [2.45, 2.75) is 20.8 Å². The molecule has 3 aromatic heterocycles. The molecule has 0 N–H and O–H groups in total. The third-order valence-electron chi connectivity index (χ3n) is 4.09. The summed E-state index contributed by atoms with van der Waals surface area (Å²) in [6.07, 6.45) is 1.90. The van der Waals surface area contributed by atoms with E-state index in [0.717, 1.165) is 27.9 Å². The van der Waals surface area contributed by atoms with Crippen LogP contribution in [0, 0.1) is 20.8 Å². The highest BCUT2D eigenvalue weighted by atomic mass is 16.2. The first-order chi connectivity index (χ1) is 11.1. The van der Waals surface area contributed by atoms with Crippen LogP contribution in [0.3, 0.4) is 0 Å². The van der Waals surface area contributed by atoms with Gasteiger partial charge >= 0.3 is 0 Å². The standard InChI is InChI=1S/C18H16N4O/c1-11-8-9-21-16(10-11)19-12(2)17(21)18(23)22-13(3)20-14-6-4-5-7-15(14)22/h4-10H,1-3H3. The summed E-state index contributed by atoms with van der Waals surface area (Å²) in [5.41, 5.74) is 4.83. The zero-order valence-corrected chi connectivity index (χ0v) is 13.2. The molecule has 0 spiro atoms. The van der Waals surface area contributed by atoms with Crippen LogP contribution in [-0.2, 0) is 0 Å². The van der Waals surface area contributed by atoms with E-state index in [9.17, 15) is 4.79 Å². The van der Waals surface area contributed by atoms with Gasteiger partial charge in [0.15, 0.2) is 0 Å². The van der Waals surface area contributed by atoms with Crippen molar-refractivity contribution >= 4 is 22.6 Å². The van der Waals surface area contributed by atoms with Gasteiger partial charge in [0, 0.05) is 6.20 Å². The Labute approximate surface area is 133 Å². The molecule has 0 unspecified atom stereocenters. The summed E-state index contributed by atoms with van der Waals surface area (Å²) in [5, 5.41) is 0. The number of benzene rings is 1. The number of pyridine rings is 1. The van der Waals surface area contributed by atoms with Crippen molar-refractivity contribution in [3.63, 3.8) is 0 Å². The summed E-state index contributed by atoms with van der Waals surface area (Å²) in [5.74, 6) is 0.572. The van der Waals surface area contributed by atoms with Crippen LogP contribution in [0.25, 0.3) is 16.7 Å². The fraction of sp³-hybridized carbons (Fsp3) is 0.167. The van der Waals surface area contributed by atoms with Crippen LogP contribution in [0.5, 0.6) is 0 Å². The van der Waals surface area contributed by atoms with Gasteiger partial charge in [0.2, 0.25) is 0 Å². The Kier molecular flexibility index (Phi) is 2.84. The molecular formula is C18H16N4O. The molecule has 0 amide bonds. The Balaban J connectivity index is 1.99. The van der Waals surface area contributed by atoms with Gasteiger partial charge in [-0.15, -0.1) is 0 Å². The molecule has 0 radical (unpaired) electrons. The second-order valence-electron chi connectivity index (χ2n) is 5.77. The molecule has 4 rings (SSSR count). The number of carbonyl (C=O) groups is 1. The maximum absolute atomic E-state index is 13.2. The van der Waals surface area contributed by atoms with Crippen LogP contribution in [-0.4, -0.2) is 24.8 Å². The molecule has 0 aliphatic heterocycles. The van der Waals surface area contributed by atoms with Gasteiger partial charge in [-0.3, -0.25) is 13.8 Å². The van der Waals surface area contributed by atoms with E-state index in [4.69, 9.17) is 0 Å². The third kappa shape index (κ3) is 1.97. The zero-order valence-electron chi connectivity index (χ0n) is 13.2. The van der Waals surface area contributed by atoms with Crippen LogP contribution in [0.4, 0.5) is 0 Å². The molecule has 1 aromatic carbocycles. The van der Waals surface area contributed by atoms with Crippen molar-refractivity contribution < 1.29 is 4.79 Å². The number of para-hydroxylation sites is 2. The number of nitrogens with zero attached hydrogens (tertiary/aromatic N) is 4. The number of rotatable bonds is 1. The normalized spacial score (nSPS) is 11.4. The first kappa shape index (κ1) is 13.7. The van der Waals surface area contributed by atoms with Crippen LogP contribution in [0.15, 0.2) is 42.6 Å². The maximum Gasteiger partial charge on any atom is 0.282 e. The molecule has 0 bridgehead atoms. The van der Waals surface area contributed by atoms with Crippen molar-refractivity contribution in [1.29, 1.82) is 0 Å². The van der Waals surface area contributed by atoms with E-state index >= 15 is 0 Å². The second-order valence-corrected chi connectivity index (χ2v) is 5.77. The molecule has 0 saturated carbocycles. The molecule has 4 aromatic rings. The van der Waals surface area contributed by atoms with E-state index in [1.807, 2.05) is 67.8 Å². The SMILES string of the molecule is Cc1ccn2c(C(=O)n3c(C)nc4ccccc43)c(C)nc2c1. The summed E-state index contributed by atoms with van der Waals surface area (Å²) in [6.45, 7) is 5.73. The number of aryl methyl sites for hydroxylation is 3. The number of aromatic nitrogens is 4. The lowest BCUT2D eigenvalue weighted by molar-refractivity contribution is 0.0956. The van der Waals surface area contributed by atoms with E-state index in [1.54, 1.807) is 4.57 Å². The lowest BCUT2D eigenvalue weighted by Gasteiger charge is -2.06. The van der Waals surface area contributed by atoms with Crippen LogP contribution in [0.2, 0.25) is 0 Å². The molecule has 0 atom stereocenters. The molecule has 5 nitrogen and oxygen atoms in total. The van der Waals surface area contributed by atoms with Crippen molar-refractivity contribution in [2.24, 2.45) is 0 Å². The van der Waals surface area contributed by atoms with Crippen LogP contribution < -0.4 is 0 Å². The number of hydrogen-bond acceptors (Lipinski definition) is 3. The Morgan fingerprint density at radius 1 is 1.04 bits per heavy atom. The van der Waals surface area contributed by atoms with Crippen molar-refractivity contribution in [3.05, 3.63) is 65.4 Å². The Bertz CT molecular complexity index is 1070. The van der Waals surface area contributed by atoms with Gasteiger partial charge in [0.05, 0.1) is 16.7 Å². The predicted molar refractivity (Wildman–Crippen MR) is 88.9 cm³/mol. The van der Waals surface area contributed by atoms with Gasteiger partial charge in [-0.1, -0.05) is 12.1 Å². The molecule has 23 heavy (non-hydrogen) atoms. The molecule has 3 heterocycles. The smallest absolute Gasteiger partial charge is 0.282 e. The minimum atomic E-state index is -0.106. The highest BCUT2D eigenvalue weighted by molar-refractivity contribution is 6.01. The maximum atomic E-state index is 13.2. The lowest BCUT2D eigenvalue weighted by atomic mass is 10.2. The monoisotopic (exact) mass is 304 g/mol. The van der Waals surface area contributed by atoms with E-state index < -0.39 is 0 Å². The average molecular weight is 304 g/mol. The molecule has 5 heteroatoms. The fourth-order valence-electron chi connectivity index (χ4n) is 3.03. The van der Waals surface area contributed by atoms with Crippen molar-refractivity contribution in [1.82, 2.24) is 18.9 Å². The molecule has 114 valence electrons. The Hall–Kier alpha value is -2.95. The van der Waals surface area contributed by atoms with Gasteiger partial charge in [-0.05, 0) is 50.6 Å². The summed E-state index contributed by atoms with van der Waals surface area (Å²) >= 11 is 0. The van der Waals surface area contributed by atoms with Crippen molar-refractivity contribution in [3.8, 4) is 0 Å². The van der Waals surface area contributed by atoms with E-state index in [1.165, 1.54) is 0 Å². The van der Waals surface area contributed by atoms with E-state index in [-0.39, 0.29) is 5.91 Å². The minimum Gasteiger partial charge on any atom is -0.295 e. The highest BCUT2D eigenvalue weighted by Crippen LogP contribution is 2.20. The average Bonchev–Trinajstić information content (AvgIpc) is 3.01. The number of imidazole rings is 2. The first-order valence-corrected chi connectivity index (χ1v) is 7.50. The van der Waals surface area contributed by atoms with Crippen LogP contribution in [0.1, 0.15) is 27.6 Å². The Morgan fingerprint density at radius 3 is 2.65 bits per heavy atom. The van der Waals surface area contributed by atoms with Gasteiger partial charge in [-0.2, -0.15) is 0 Å². The molecule has 0 aliphatic rings. The Morgan fingerprint density at radius 2 is 1.83 bits per heavy atom. The molecule has 0 fully saturated rings. The molecule has 0 aliphatic carbocycles. The minimum absolute atomic E-state index is 0.106. The van der Waals surface area contributed by atoms with Gasteiger partial charge in [0.1, 0.15) is 17.2 Å². The van der Waals surface area contributed by atoms with Crippen molar-refractivity contribution in [2.75, 3.05) is 0 Å². The summed E-state index contributed by atoms with van der Waals surface area (Å²) in [7, 11) is 0. The highest BCUT2D eigenvalue weighted by Gasteiger charge is 2.22. The quantitative estimate of drug-likeness (QED) is 0.542. The zero-order chi connectivity index (χ0) is 16.1. The van der Waals surface area contributed by atoms with Gasteiger partial charge in [-0.25, -0.2) is 9.97 Å².